The van der Waals surface area contributed by atoms with E-state index in [4.69, 9.17) is 0 Å². The highest BCUT2D eigenvalue weighted by atomic mass is 16.2. The average molecular weight is 504 g/mol. The molecule has 0 bridgehead atoms. The van der Waals surface area contributed by atoms with Gasteiger partial charge in [-0.3, -0.25) is 9.89 Å². The lowest BCUT2D eigenvalue weighted by Gasteiger charge is -2.51. The summed E-state index contributed by atoms with van der Waals surface area (Å²) in [7, 11) is 4.46. The van der Waals surface area contributed by atoms with Gasteiger partial charge in [-0.15, -0.1) is 0 Å². The summed E-state index contributed by atoms with van der Waals surface area (Å²) < 4.78 is 0. The number of carbonyl (C=O) groups is 1. The van der Waals surface area contributed by atoms with Crippen molar-refractivity contribution in [2.24, 2.45) is 10.9 Å². The van der Waals surface area contributed by atoms with Crippen LogP contribution < -0.4 is 0 Å². The number of rotatable bonds is 8. The second kappa shape index (κ2) is 10.6. The van der Waals surface area contributed by atoms with E-state index in [2.05, 4.69) is 88.7 Å². The smallest absolute Gasteiger partial charge is 0.320 e. The van der Waals surface area contributed by atoms with E-state index in [9.17, 15) is 4.79 Å². The molecule has 200 valence electrons. The van der Waals surface area contributed by atoms with Crippen molar-refractivity contribution in [3.05, 3.63) is 59.9 Å². The molecular weight excluding hydrogens is 458 g/mol. The number of piperidine rings is 1. The van der Waals surface area contributed by atoms with Crippen molar-refractivity contribution < 1.29 is 4.79 Å². The first-order valence-electron chi connectivity index (χ1n) is 14.2. The van der Waals surface area contributed by atoms with Crippen LogP contribution in [0, 0.1) is 5.92 Å². The van der Waals surface area contributed by atoms with Crippen molar-refractivity contribution in [3.63, 3.8) is 0 Å². The van der Waals surface area contributed by atoms with E-state index in [0.29, 0.717) is 18.0 Å². The molecule has 6 heteroatoms. The Morgan fingerprint density at radius 1 is 1.08 bits per heavy atom. The van der Waals surface area contributed by atoms with Crippen molar-refractivity contribution >= 4 is 12.7 Å². The SMILES string of the molecule is C=N/C=C\C=C(/C)N1CCC(N2CC3(CCC(c4ccccc4)(N(C)C)CC3)N(CC3CC3)C2=O)CC1. The first-order valence-corrected chi connectivity index (χ1v) is 14.2. The number of likely N-dealkylation sites (tertiary alicyclic amines) is 1. The molecule has 1 aromatic rings. The fourth-order valence-electron chi connectivity index (χ4n) is 7.12. The van der Waals surface area contributed by atoms with E-state index in [-0.39, 0.29) is 11.1 Å². The Bertz CT molecular complexity index is 1010. The summed E-state index contributed by atoms with van der Waals surface area (Å²) >= 11 is 0. The van der Waals surface area contributed by atoms with Crippen LogP contribution in [0.1, 0.15) is 63.9 Å². The maximum atomic E-state index is 14.0. The van der Waals surface area contributed by atoms with Crippen LogP contribution in [0.3, 0.4) is 0 Å². The normalized spacial score (nSPS) is 29.8. The number of aliphatic imine (C=N–C) groups is 1. The lowest BCUT2D eigenvalue weighted by molar-refractivity contribution is 0.0222. The van der Waals surface area contributed by atoms with Crippen LogP contribution in [0.25, 0.3) is 0 Å². The summed E-state index contributed by atoms with van der Waals surface area (Å²) in [5, 5.41) is 0. The minimum Gasteiger partial charge on any atom is -0.375 e. The van der Waals surface area contributed by atoms with Crippen LogP contribution in [0.15, 0.2) is 59.4 Å². The van der Waals surface area contributed by atoms with E-state index < -0.39 is 0 Å². The zero-order chi connectivity index (χ0) is 26.0. The Hall–Kier alpha value is -2.60. The molecule has 0 atom stereocenters. The number of urea groups is 1. The van der Waals surface area contributed by atoms with Crippen molar-refractivity contribution in [3.8, 4) is 0 Å². The van der Waals surface area contributed by atoms with Crippen molar-refractivity contribution in [1.29, 1.82) is 0 Å². The summed E-state index contributed by atoms with van der Waals surface area (Å²) in [5.74, 6) is 0.711. The van der Waals surface area contributed by atoms with E-state index in [1.54, 1.807) is 6.20 Å². The zero-order valence-corrected chi connectivity index (χ0v) is 23.1. The molecule has 5 rings (SSSR count). The van der Waals surface area contributed by atoms with Gasteiger partial charge in [0.05, 0.1) is 5.54 Å². The second-order valence-corrected chi connectivity index (χ2v) is 12.0. The first kappa shape index (κ1) is 26.0. The summed E-state index contributed by atoms with van der Waals surface area (Å²) in [6.07, 6.45) is 14.8. The molecule has 2 saturated carbocycles. The number of carbonyl (C=O) groups excluding carboxylic acids is 1. The fraction of sp³-hybridized carbons (Fsp3) is 0.613. The number of allylic oxidation sites excluding steroid dienone is 3. The molecular formula is C31H45N5O. The molecule has 2 heterocycles. The van der Waals surface area contributed by atoms with Crippen LogP contribution in [0.5, 0.6) is 0 Å². The van der Waals surface area contributed by atoms with Gasteiger partial charge in [-0.05, 0) is 103 Å². The molecule has 6 nitrogen and oxygen atoms in total. The third kappa shape index (κ3) is 5.09. The number of hydrogen-bond acceptors (Lipinski definition) is 4. The van der Waals surface area contributed by atoms with Gasteiger partial charge in [-0.2, -0.15) is 0 Å². The summed E-state index contributed by atoms with van der Waals surface area (Å²) in [5.41, 5.74) is 2.72. The van der Waals surface area contributed by atoms with E-state index >= 15 is 0 Å². The number of amides is 2. The number of nitrogens with zero attached hydrogens (tertiary/aromatic N) is 5. The first-order chi connectivity index (χ1) is 17.9. The minimum absolute atomic E-state index is 0.0105. The van der Waals surface area contributed by atoms with E-state index in [1.807, 2.05) is 6.08 Å². The minimum atomic E-state index is -0.0105. The molecule has 1 aromatic carbocycles. The molecule has 0 aromatic heterocycles. The highest BCUT2D eigenvalue weighted by Crippen LogP contribution is 2.50. The quantitative estimate of drug-likeness (QED) is 0.348. The van der Waals surface area contributed by atoms with Gasteiger partial charge in [-0.25, -0.2) is 4.79 Å². The van der Waals surface area contributed by atoms with Crippen LogP contribution >= 0.6 is 0 Å². The van der Waals surface area contributed by atoms with Gasteiger partial charge in [0, 0.05) is 49.7 Å². The van der Waals surface area contributed by atoms with Crippen LogP contribution in [0.2, 0.25) is 0 Å². The lowest BCUT2D eigenvalue weighted by atomic mass is 9.68. The van der Waals surface area contributed by atoms with Crippen LogP contribution in [-0.4, -0.2) is 84.2 Å². The van der Waals surface area contributed by atoms with Gasteiger partial charge < -0.3 is 14.7 Å². The lowest BCUT2D eigenvalue weighted by Crippen LogP contribution is -2.55. The highest BCUT2D eigenvalue weighted by molar-refractivity contribution is 5.79. The Labute approximate surface area is 223 Å². The molecule has 2 amide bonds. The van der Waals surface area contributed by atoms with E-state index in [0.717, 1.165) is 64.7 Å². The standard InChI is InChI=1S/C31H45N5O/c1-25(9-8-20-32-2)34-21-14-28(15-22-34)35-24-30(36(29(35)37)23-26-12-13-26)16-18-31(19-17-30,33(3)4)27-10-6-5-7-11-27/h5-11,20,26,28H,2,12-19,21-24H2,1,3-4H3/b20-8-,25-9+. The molecule has 37 heavy (non-hydrogen) atoms. The van der Waals surface area contributed by atoms with Crippen molar-refractivity contribution in [2.75, 3.05) is 40.3 Å². The number of benzene rings is 1. The monoisotopic (exact) mass is 503 g/mol. The average Bonchev–Trinajstić information content (AvgIpc) is 3.71. The van der Waals surface area contributed by atoms with Gasteiger partial charge in [-0.1, -0.05) is 30.3 Å². The van der Waals surface area contributed by atoms with Gasteiger partial charge in [0.15, 0.2) is 0 Å². The summed E-state index contributed by atoms with van der Waals surface area (Å²) in [6, 6.07) is 11.7. The van der Waals surface area contributed by atoms with Crippen molar-refractivity contribution in [2.45, 2.75) is 75.4 Å². The third-order valence-corrected chi connectivity index (χ3v) is 9.76. The Morgan fingerprint density at radius 2 is 1.76 bits per heavy atom. The summed E-state index contributed by atoms with van der Waals surface area (Å²) in [6.45, 7) is 9.53. The van der Waals surface area contributed by atoms with E-state index in [1.165, 1.54) is 24.1 Å². The third-order valence-electron chi connectivity index (χ3n) is 9.76. The molecule has 4 fully saturated rings. The predicted molar refractivity (Wildman–Crippen MR) is 152 cm³/mol. The molecule has 1 spiro atoms. The Morgan fingerprint density at radius 3 is 2.35 bits per heavy atom. The van der Waals surface area contributed by atoms with Gasteiger partial charge in [0.2, 0.25) is 0 Å². The topological polar surface area (TPSA) is 42.4 Å². The molecule has 2 aliphatic carbocycles. The van der Waals surface area contributed by atoms with Crippen LogP contribution in [0.4, 0.5) is 4.79 Å². The summed E-state index contributed by atoms with van der Waals surface area (Å²) in [4.78, 5) is 27.3. The van der Waals surface area contributed by atoms with Crippen molar-refractivity contribution in [1.82, 2.24) is 19.6 Å². The van der Waals surface area contributed by atoms with Gasteiger partial charge in [0.25, 0.3) is 0 Å². The molecule has 2 aliphatic heterocycles. The van der Waals surface area contributed by atoms with Crippen LogP contribution in [-0.2, 0) is 5.54 Å². The maximum Gasteiger partial charge on any atom is 0.320 e. The van der Waals surface area contributed by atoms with Gasteiger partial charge >= 0.3 is 6.03 Å². The Kier molecular flexibility index (Phi) is 7.49. The van der Waals surface area contributed by atoms with Gasteiger partial charge in [0.1, 0.15) is 0 Å². The second-order valence-electron chi connectivity index (χ2n) is 12.0. The highest BCUT2D eigenvalue weighted by Gasteiger charge is 2.56. The molecule has 0 unspecified atom stereocenters. The predicted octanol–water partition coefficient (Wildman–Crippen LogP) is 5.49. The molecule has 4 aliphatic rings. The number of hydrogen-bond donors (Lipinski definition) is 0. The molecule has 0 N–H and O–H groups in total. The Balaban J connectivity index is 1.31. The largest absolute Gasteiger partial charge is 0.375 e. The molecule has 2 saturated heterocycles. The molecule has 0 radical (unpaired) electrons. The zero-order valence-electron chi connectivity index (χ0n) is 23.1. The fourth-order valence-corrected chi connectivity index (χ4v) is 7.12. The maximum absolute atomic E-state index is 14.0.